The third-order valence-electron chi connectivity index (χ3n) is 7.04. The SMILES string of the molecule is Cc1ccc(C(O)(C(N)=O)C(F)(F)F)cc1-c1cnc2c(N)nc(C(=O)NC34CC(F)(C3)C4)cn12.O=C(O)C(F)(F)F. The van der Waals surface area contributed by atoms with Crippen molar-refractivity contribution in [3.63, 3.8) is 0 Å². The molecule has 1 atom stereocenters. The van der Waals surface area contributed by atoms with Gasteiger partial charge in [-0.3, -0.25) is 14.0 Å². The Morgan fingerprint density at radius 3 is 2.14 bits per heavy atom. The number of nitrogen functional groups attached to an aromatic ring is 1. The lowest BCUT2D eigenvalue weighted by atomic mass is 9.47. The van der Waals surface area contributed by atoms with E-state index in [1.54, 1.807) is 6.92 Å². The highest BCUT2D eigenvalue weighted by Crippen LogP contribution is 2.63. The van der Waals surface area contributed by atoms with Gasteiger partial charge in [0.1, 0.15) is 11.4 Å². The van der Waals surface area contributed by atoms with E-state index in [0.29, 0.717) is 5.56 Å². The van der Waals surface area contributed by atoms with Gasteiger partial charge >= 0.3 is 18.3 Å². The molecule has 11 nitrogen and oxygen atoms in total. The number of carboxylic acids is 1. The van der Waals surface area contributed by atoms with E-state index in [9.17, 15) is 45.4 Å². The van der Waals surface area contributed by atoms with Crippen LogP contribution < -0.4 is 16.8 Å². The van der Waals surface area contributed by atoms with Crippen LogP contribution in [0.15, 0.2) is 30.6 Å². The van der Waals surface area contributed by atoms with E-state index in [-0.39, 0.29) is 47.7 Å². The number of aryl methyl sites for hydroxylation is 1. The van der Waals surface area contributed by atoms with Gasteiger partial charge in [0, 0.05) is 42.1 Å². The fourth-order valence-electron chi connectivity index (χ4n) is 4.99. The van der Waals surface area contributed by atoms with Gasteiger partial charge in [0.25, 0.3) is 17.4 Å². The van der Waals surface area contributed by atoms with Crippen molar-refractivity contribution in [1.82, 2.24) is 19.7 Å². The number of nitrogens with zero attached hydrogens (tertiary/aromatic N) is 3. The number of carboxylic acid groups (broad SMARTS) is 1. The van der Waals surface area contributed by atoms with Crippen LogP contribution in [0.3, 0.4) is 0 Å². The summed E-state index contributed by atoms with van der Waals surface area (Å²) < 4.78 is 87.7. The van der Waals surface area contributed by atoms with E-state index >= 15 is 0 Å². The molecule has 2 bridgehead atoms. The van der Waals surface area contributed by atoms with E-state index in [2.05, 4.69) is 15.3 Å². The summed E-state index contributed by atoms with van der Waals surface area (Å²) in [4.78, 5) is 41.5. The van der Waals surface area contributed by atoms with Crippen molar-refractivity contribution in [1.29, 1.82) is 0 Å². The average Bonchev–Trinajstić information content (AvgIpc) is 3.25. The number of fused-ring (bicyclic) bond motifs is 1. The maximum atomic E-state index is 13.8. The molecule has 18 heteroatoms. The van der Waals surface area contributed by atoms with E-state index in [0.717, 1.165) is 12.1 Å². The number of aliphatic carboxylic acids is 1. The van der Waals surface area contributed by atoms with Crippen LogP contribution in [0.4, 0.5) is 36.6 Å². The second-order valence-electron chi connectivity index (χ2n) is 10.2. The first kappa shape index (κ1) is 30.5. The number of amides is 2. The lowest BCUT2D eigenvalue weighted by Crippen LogP contribution is -2.76. The number of primary amides is 1. The molecule has 2 heterocycles. The third-order valence-corrected chi connectivity index (χ3v) is 7.04. The predicted molar refractivity (Wildman–Crippen MR) is 128 cm³/mol. The number of halogens is 7. The van der Waals surface area contributed by atoms with Crippen molar-refractivity contribution in [3.8, 4) is 11.3 Å². The monoisotopic (exact) mass is 606 g/mol. The number of anilines is 1. The summed E-state index contributed by atoms with van der Waals surface area (Å²) in [5.41, 5.74) is 5.30. The molecule has 3 fully saturated rings. The summed E-state index contributed by atoms with van der Waals surface area (Å²) in [6.45, 7) is 1.60. The zero-order chi connectivity index (χ0) is 31.6. The van der Waals surface area contributed by atoms with E-state index in [4.69, 9.17) is 21.4 Å². The Labute approximate surface area is 230 Å². The molecular formula is C24H21F7N6O5. The maximum absolute atomic E-state index is 13.8. The van der Waals surface area contributed by atoms with E-state index < -0.39 is 52.5 Å². The second kappa shape index (κ2) is 9.53. The molecule has 0 spiro atoms. The summed E-state index contributed by atoms with van der Waals surface area (Å²) in [6, 6.07) is 3.23. The Kier molecular flexibility index (Phi) is 6.92. The number of rotatable bonds is 5. The summed E-state index contributed by atoms with van der Waals surface area (Å²) in [6.07, 6.45) is -7.14. The fraction of sp³-hybridized carbons (Fsp3) is 0.375. The van der Waals surface area contributed by atoms with Gasteiger partial charge in [-0.15, -0.1) is 0 Å². The van der Waals surface area contributed by atoms with Crippen LogP contribution in [0.1, 0.15) is 40.9 Å². The van der Waals surface area contributed by atoms with Gasteiger partial charge in [0.15, 0.2) is 11.5 Å². The van der Waals surface area contributed by atoms with Crippen molar-refractivity contribution >= 4 is 29.2 Å². The molecule has 0 saturated heterocycles. The van der Waals surface area contributed by atoms with Crippen LogP contribution in [0.5, 0.6) is 0 Å². The number of alkyl halides is 7. The molecule has 226 valence electrons. The molecule has 2 aromatic heterocycles. The molecule has 2 amide bonds. The lowest BCUT2D eigenvalue weighted by Gasteiger charge is -2.65. The minimum atomic E-state index is -5.37. The largest absolute Gasteiger partial charge is 0.490 e. The summed E-state index contributed by atoms with van der Waals surface area (Å²) in [5, 5.41) is 20.1. The van der Waals surface area contributed by atoms with Crippen molar-refractivity contribution in [3.05, 3.63) is 47.4 Å². The second-order valence-corrected chi connectivity index (χ2v) is 10.2. The zero-order valence-electron chi connectivity index (χ0n) is 21.3. The van der Waals surface area contributed by atoms with Crippen molar-refractivity contribution in [2.75, 3.05) is 5.73 Å². The molecule has 3 aliphatic rings. The first-order chi connectivity index (χ1) is 19.1. The number of nitrogens with one attached hydrogen (secondary N) is 1. The van der Waals surface area contributed by atoms with Crippen LogP contribution in [-0.2, 0) is 15.2 Å². The lowest BCUT2D eigenvalue weighted by molar-refractivity contribution is -0.255. The number of aromatic nitrogens is 3. The molecular weight excluding hydrogens is 585 g/mol. The quantitative estimate of drug-likeness (QED) is 0.274. The number of aliphatic hydroxyl groups is 1. The molecule has 1 aromatic carbocycles. The number of nitrogens with two attached hydrogens (primary N) is 2. The topological polar surface area (TPSA) is 186 Å². The number of carbonyl (C=O) groups is 3. The molecule has 0 radical (unpaired) electrons. The molecule has 6 rings (SSSR count). The van der Waals surface area contributed by atoms with Crippen molar-refractivity contribution in [2.45, 2.75) is 55.3 Å². The summed E-state index contributed by atoms with van der Waals surface area (Å²) in [7, 11) is 0. The fourth-order valence-corrected chi connectivity index (χ4v) is 4.99. The molecule has 3 aliphatic carbocycles. The molecule has 3 aromatic rings. The Balaban J connectivity index is 0.000000517. The zero-order valence-corrected chi connectivity index (χ0v) is 21.3. The van der Waals surface area contributed by atoms with Crippen LogP contribution in [0, 0.1) is 6.92 Å². The molecule has 0 aliphatic heterocycles. The first-order valence-electron chi connectivity index (χ1n) is 11.8. The average molecular weight is 606 g/mol. The highest BCUT2D eigenvalue weighted by Gasteiger charge is 2.70. The van der Waals surface area contributed by atoms with E-state index in [1.807, 2.05) is 0 Å². The van der Waals surface area contributed by atoms with Crippen LogP contribution in [0.25, 0.3) is 16.9 Å². The maximum Gasteiger partial charge on any atom is 0.490 e. The number of benzene rings is 1. The van der Waals surface area contributed by atoms with Gasteiger partial charge < -0.3 is 27.0 Å². The number of carbonyl (C=O) groups excluding carboxylic acids is 2. The minimum absolute atomic E-state index is 0.0929. The van der Waals surface area contributed by atoms with Gasteiger partial charge in [-0.2, -0.15) is 26.3 Å². The third kappa shape index (κ3) is 5.05. The highest BCUT2D eigenvalue weighted by molar-refractivity contribution is 5.94. The first-order valence-corrected chi connectivity index (χ1v) is 11.8. The van der Waals surface area contributed by atoms with Gasteiger partial charge in [0.2, 0.25) is 0 Å². The van der Waals surface area contributed by atoms with Crippen molar-refractivity contribution in [2.24, 2.45) is 5.73 Å². The highest BCUT2D eigenvalue weighted by atomic mass is 19.4. The van der Waals surface area contributed by atoms with Crippen LogP contribution in [-0.4, -0.2) is 65.9 Å². The molecule has 1 unspecified atom stereocenters. The number of hydrogen-bond acceptors (Lipinski definition) is 7. The van der Waals surface area contributed by atoms with Crippen molar-refractivity contribution < 1.29 is 55.3 Å². The normalized spacial score (nSPS) is 22.6. The van der Waals surface area contributed by atoms with Crippen LogP contribution in [0.2, 0.25) is 0 Å². The number of hydrogen-bond donors (Lipinski definition) is 5. The molecule has 3 saturated carbocycles. The smallest absolute Gasteiger partial charge is 0.475 e. The summed E-state index contributed by atoms with van der Waals surface area (Å²) in [5.74, 6) is -5.42. The van der Waals surface area contributed by atoms with E-state index in [1.165, 1.54) is 22.9 Å². The summed E-state index contributed by atoms with van der Waals surface area (Å²) >= 11 is 0. The van der Waals surface area contributed by atoms with Gasteiger partial charge in [0.05, 0.1) is 11.9 Å². The standard InChI is InChI=1S/C22H20F4N6O3.C2HF3O2/c1-10-2-3-11(21(35,18(28)34)22(24,25)26)4-12(10)14-5-29-16-15(27)30-13(6-32(14)16)17(33)31-20-7-19(23,8-20)9-20;3-2(4,5)1(6)7/h2-6,35H,7-9H2,1H3,(H2,27,30)(H2,28,34)(H,31,33);(H,6,7). The minimum Gasteiger partial charge on any atom is -0.475 e. The Bertz CT molecular complexity index is 1600. The predicted octanol–water partition coefficient (Wildman–Crippen LogP) is 2.53. The van der Waals surface area contributed by atoms with Gasteiger partial charge in [-0.25, -0.2) is 19.2 Å². The molecule has 42 heavy (non-hydrogen) atoms. The number of imidazole rings is 1. The van der Waals surface area contributed by atoms with Crippen LogP contribution >= 0.6 is 0 Å². The Morgan fingerprint density at radius 2 is 1.67 bits per heavy atom. The van der Waals surface area contributed by atoms with Gasteiger partial charge in [-0.1, -0.05) is 12.1 Å². The Morgan fingerprint density at radius 1 is 1.10 bits per heavy atom. The van der Waals surface area contributed by atoms with Gasteiger partial charge in [-0.05, 0) is 18.6 Å². The molecule has 7 N–H and O–H groups in total. The Hall–Kier alpha value is -4.48.